The van der Waals surface area contributed by atoms with Gasteiger partial charge in [-0.15, -0.1) is 0 Å². The molecule has 0 radical (unpaired) electrons. The number of fused-ring (bicyclic) bond motifs is 6. The van der Waals surface area contributed by atoms with Gasteiger partial charge in [0.25, 0.3) is 0 Å². The van der Waals surface area contributed by atoms with Crippen molar-refractivity contribution in [1.29, 1.82) is 0 Å². The molecule has 0 atom stereocenters. The number of benzene rings is 8. The monoisotopic (exact) mass is 652 g/mol. The summed E-state index contributed by atoms with van der Waals surface area (Å²) in [5.41, 5.74) is 13.3. The molecular formula is C48H32N2O. The van der Waals surface area contributed by atoms with E-state index in [1.54, 1.807) is 0 Å². The number of anilines is 3. The van der Waals surface area contributed by atoms with Crippen LogP contribution < -0.4 is 4.90 Å². The summed E-state index contributed by atoms with van der Waals surface area (Å²) < 4.78 is 8.53. The van der Waals surface area contributed by atoms with Crippen LogP contribution in [0.3, 0.4) is 0 Å². The van der Waals surface area contributed by atoms with E-state index in [-0.39, 0.29) is 0 Å². The van der Waals surface area contributed by atoms with Gasteiger partial charge in [-0.2, -0.15) is 0 Å². The number of hydrogen-bond acceptors (Lipinski definition) is 2. The van der Waals surface area contributed by atoms with Gasteiger partial charge < -0.3 is 13.9 Å². The van der Waals surface area contributed by atoms with Gasteiger partial charge in [0.15, 0.2) is 0 Å². The lowest BCUT2D eigenvalue weighted by Crippen LogP contribution is -2.10. The van der Waals surface area contributed by atoms with Gasteiger partial charge in [0.2, 0.25) is 0 Å². The summed E-state index contributed by atoms with van der Waals surface area (Å²) in [5, 5.41) is 4.73. The largest absolute Gasteiger partial charge is 0.456 e. The minimum absolute atomic E-state index is 0.901. The zero-order chi connectivity index (χ0) is 33.7. The van der Waals surface area contributed by atoms with Crippen molar-refractivity contribution >= 4 is 60.8 Å². The Morgan fingerprint density at radius 3 is 1.76 bits per heavy atom. The summed E-state index contributed by atoms with van der Waals surface area (Å²) in [6.07, 6.45) is 0. The van der Waals surface area contributed by atoms with E-state index in [1.165, 1.54) is 32.9 Å². The lowest BCUT2D eigenvalue weighted by atomic mass is 10.0. The lowest BCUT2D eigenvalue weighted by molar-refractivity contribution is 0.669. The van der Waals surface area contributed by atoms with Gasteiger partial charge in [-0.3, -0.25) is 0 Å². The van der Waals surface area contributed by atoms with Crippen LogP contribution in [0.1, 0.15) is 0 Å². The van der Waals surface area contributed by atoms with Gasteiger partial charge >= 0.3 is 0 Å². The SMILES string of the molecule is c1ccc(-c2ccc(N(c3cccc(-c4ccc5oc6ccccc6c5c4)c3)c3ccc4c5ccccc5n(-c5ccccc5)c4c3)cc2)cc1. The van der Waals surface area contributed by atoms with Crippen molar-refractivity contribution < 1.29 is 4.42 Å². The van der Waals surface area contributed by atoms with Crippen molar-refractivity contribution in [3.63, 3.8) is 0 Å². The molecule has 8 aromatic carbocycles. The molecule has 240 valence electrons. The topological polar surface area (TPSA) is 21.3 Å². The smallest absolute Gasteiger partial charge is 0.135 e. The molecule has 0 amide bonds. The van der Waals surface area contributed by atoms with Gasteiger partial charge in [-0.1, -0.05) is 121 Å². The lowest BCUT2D eigenvalue weighted by Gasteiger charge is -2.26. The van der Waals surface area contributed by atoms with Crippen molar-refractivity contribution in [3.05, 3.63) is 194 Å². The van der Waals surface area contributed by atoms with Gasteiger partial charge in [0.1, 0.15) is 11.2 Å². The highest BCUT2D eigenvalue weighted by atomic mass is 16.3. The number of furan rings is 1. The third-order valence-electron chi connectivity index (χ3n) is 9.98. The Balaban J connectivity index is 1.16. The Bertz CT molecular complexity index is 2850. The van der Waals surface area contributed by atoms with Gasteiger partial charge in [0.05, 0.1) is 11.0 Å². The highest BCUT2D eigenvalue weighted by Crippen LogP contribution is 2.41. The van der Waals surface area contributed by atoms with E-state index in [9.17, 15) is 0 Å². The summed E-state index contributed by atoms with van der Waals surface area (Å²) in [7, 11) is 0. The Labute approximate surface area is 295 Å². The number of rotatable bonds is 6. The van der Waals surface area contributed by atoms with Crippen LogP contribution in [0.15, 0.2) is 199 Å². The Morgan fingerprint density at radius 2 is 0.922 bits per heavy atom. The van der Waals surface area contributed by atoms with Crippen LogP contribution in [-0.2, 0) is 0 Å². The highest BCUT2D eigenvalue weighted by Gasteiger charge is 2.18. The summed E-state index contributed by atoms with van der Waals surface area (Å²) >= 11 is 0. The van der Waals surface area contributed by atoms with E-state index < -0.39 is 0 Å². The van der Waals surface area contributed by atoms with E-state index in [0.29, 0.717) is 0 Å². The molecule has 0 saturated heterocycles. The first-order chi connectivity index (χ1) is 25.3. The second-order valence-corrected chi connectivity index (χ2v) is 13.0. The molecule has 0 unspecified atom stereocenters. The van der Waals surface area contributed by atoms with Gasteiger partial charge in [-0.25, -0.2) is 0 Å². The predicted molar refractivity (Wildman–Crippen MR) is 214 cm³/mol. The Hall–Kier alpha value is -6.84. The van der Waals surface area contributed by atoms with E-state index in [0.717, 1.165) is 55.8 Å². The average Bonchev–Trinajstić information content (AvgIpc) is 3.74. The molecule has 51 heavy (non-hydrogen) atoms. The number of aromatic nitrogens is 1. The molecule has 10 aromatic rings. The maximum atomic E-state index is 6.15. The van der Waals surface area contributed by atoms with Crippen molar-refractivity contribution in [2.75, 3.05) is 4.90 Å². The van der Waals surface area contributed by atoms with Crippen LogP contribution >= 0.6 is 0 Å². The number of hydrogen-bond donors (Lipinski definition) is 0. The molecule has 3 heteroatoms. The van der Waals surface area contributed by atoms with Crippen LogP contribution in [0.5, 0.6) is 0 Å². The minimum Gasteiger partial charge on any atom is -0.456 e. The molecular weight excluding hydrogens is 621 g/mol. The number of nitrogens with zero attached hydrogens (tertiary/aromatic N) is 2. The van der Waals surface area contributed by atoms with Crippen LogP contribution in [0.2, 0.25) is 0 Å². The molecule has 0 bridgehead atoms. The molecule has 3 nitrogen and oxygen atoms in total. The maximum Gasteiger partial charge on any atom is 0.135 e. The first-order valence-electron chi connectivity index (χ1n) is 17.3. The van der Waals surface area contributed by atoms with E-state index in [4.69, 9.17) is 4.42 Å². The third kappa shape index (κ3) is 4.98. The Morgan fingerprint density at radius 1 is 0.333 bits per heavy atom. The van der Waals surface area contributed by atoms with E-state index in [1.807, 2.05) is 12.1 Å². The zero-order valence-electron chi connectivity index (χ0n) is 27.8. The summed E-state index contributed by atoms with van der Waals surface area (Å²) in [6, 6.07) is 69.3. The van der Waals surface area contributed by atoms with E-state index in [2.05, 4.69) is 191 Å². The molecule has 10 rings (SSSR count). The molecule has 0 saturated carbocycles. The van der Waals surface area contributed by atoms with Crippen molar-refractivity contribution in [3.8, 4) is 27.9 Å². The zero-order valence-corrected chi connectivity index (χ0v) is 27.8. The minimum atomic E-state index is 0.901. The summed E-state index contributed by atoms with van der Waals surface area (Å²) in [4.78, 5) is 2.37. The third-order valence-corrected chi connectivity index (χ3v) is 9.98. The normalized spacial score (nSPS) is 11.5. The van der Waals surface area contributed by atoms with Gasteiger partial charge in [0, 0.05) is 44.3 Å². The first-order valence-corrected chi connectivity index (χ1v) is 17.3. The van der Waals surface area contributed by atoms with Crippen LogP contribution in [-0.4, -0.2) is 4.57 Å². The second-order valence-electron chi connectivity index (χ2n) is 13.0. The molecule has 0 N–H and O–H groups in total. The van der Waals surface area contributed by atoms with E-state index >= 15 is 0 Å². The Kier molecular flexibility index (Phi) is 6.81. The van der Waals surface area contributed by atoms with Crippen molar-refractivity contribution in [2.45, 2.75) is 0 Å². The highest BCUT2D eigenvalue weighted by molar-refractivity contribution is 6.10. The standard InChI is InChI=1S/C48H32N2O/c1-3-12-33(13-4-1)34-22-25-38(26-23-34)49(39-17-11-14-35(30-39)36-24-29-48-44(31-36)43-19-8-10-21-47(43)51-48)40-27-28-42-41-18-7-9-20-45(41)50(46(42)32-40)37-15-5-2-6-16-37/h1-32H. The molecule has 0 spiro atoms. The fourth-order valence-electron chi connectivity index (χ4n) is 7.56. The van der Waals surface area contributed by atoms with Crippen molar-refractivity contribution in [2.24, 2.45) is 0 Å². The summed E-state index contributed by atoms with van der Waals surface area (Å²) in [6.45, 7) is 0. The quantitative estimate of drug-likeness (QED) is 0.178. The maximum absolute atomic E-state index is 6.15. The fourth-order valence-corrected chi connectivity index (χ4v) is 7.56. The molecule has 2 aromatic heterocycles. The molecule has 0 aliphatic carbocycles. The second kappa shape index (κ2) is 11.9. The number of para-hydroxylation sites is 3. The van der Waals surface area contributed by atoms with Crippen LogP contribution in [0.25, 0.3) is 71.7 Å². The molecule has 0 fully saturated rings. The first kappa shape index (κ1) is 29.1. The fraction of sp³-hybridized carbons (Fsp3) is 0. The van der Waals surface area contributed by atoms with Crippen LogP contribution in [0.4, 0.5) is 17.1 Å². The average molecular weight is 653 g/mol. The predicted octanol–water partition coefficient (Wildman–Crippen LogP) is 13.5. The molecule has 0 aliphatic rings. The van der Waals surface area contributed by atoms with Crippen molar-refractivity contribution in [1.82, 2.24) is 4.57 Å². The molecule has 0 aliphatic heterocycles. The summed E-state index contributed by atoms with van der Waals surface area (Å²) in [5.74, 6) is 0. The van der Waals surface area contributed by atoms with Gasteiger partial charge in [-0.05, 0) is 95.1 Å². The molecule has 2 heterocycles. The van der Waals surface area contributed by atoms with Crippen LogP contribution in [0, 0.1) is 0 Å².